The van der Waals surface area contributed by atoms with Gasteiger partial charge in [-0.2, -0.15) is 0 Å². The first-order valence-electron chi connectivity index (χ1n) is 9.07. The monoisotopic (exact) mass is 442 g/mol. The predicted octanol–water partition coefficient (Wildman–Crippen LogP) is 2.82. The van der Waals surface area contributed by atoms with E-state index in [1.54, 1.807) is 31.6 Å². The summed E-state index contributed by atoms with van der Waals surface area (Å²) < 4.78 is 28.5. The maximum Gasteiger partial charge on any atom is 0.238 e. The molecule has 0 aliphatic carbocycles. The Morgan fingerprint density at radius 1 is 1.10 bits per heavy atom. The fourth-order valence-corrected chi connectivity index (χ4v) is 3.58. The van der Waals surface area contributed by atoms with Gasteiger partial charge in [-0.25, -0.2) is 13.6 Å². The summed E-state index contributed by atoms with van der Waals surface area (Å²) in [7, 11) is -2.15. The Labute approximate surface area is 181 Å². The smallest absolute Gasteiger partial charge is 0.238 e. The highest BCUT2D eigenvalue weighted by Gasteiger charge is 2.15. The molecule has 3 N–H and O–H groups in total. The maximum absolute atomic E-state index is 11.6. The molecule has 0 spiro atoms. The minimum atomic E-state index is -3.77. The summed E-state index contributed by atoms with van der Waals surface area (Å²) >= 11 is 5.65. The summed E-state index contributed by atoms with van der Waals surface area (Å²) in [5.41, 5.74) is 2.76. The SMILES string of the molecule is COc1cccc(CN(C(=S)NCc2ccncc2)c2ccc(S(N)(=O)=O)cc2)c1. The Bertz CT molecular complexity index is 1100. The van der Waals surface area contributed by atoms with Gasteiger partial charge in [-0.3, -0.25) is 4.98 Å². The highest BCUT2D eigenvalue weighted by Crippen LogP contribution is 2.22. The van der Waals surface area contributed by atoms with Crippen molar-refractivity contribution in [3.8, 4) is 5.75 Å². The second-order valence-corrected chi connectivity index (χ2v) is 8.44. The number of benzene rings is 2. The molecule has 7 nitrogen and oxygen atoms in total. The van der Waals surface area contributed by atoms with E-state index in [1.807, 2.05) is 41.3 Å². The van der Waals surface area contributed by atoms with Crippen LogP contribution < -0.4 is 20.1 Å². The van der Waals surface area contributed by atoms with Crippen LogP contribution >= 0.6 is 12.2 Å². The van der Waals surface area contributed by atoms with Crippen LogP contribution in [0.25, 0.3) is 0 Å². The van der Waals surface area contributed by atoms with E-state index in [0.717, 1.165) is 22.6 Å². The molecule has 3 aromatic rings. The van der Waals surface area contributed by atoms with Crippen LogP contribution in [-0.2, 0) is 23.1 Å². The number of rotatable bonds is 7. The molecule has 9 heteroatoms. The van der Waals surface area contributed by atoms with Crippen molar-refractivity contribution in [3.05, 3.63) is 84.2 Å². The number of pyridine rings is 1. The van der Waals surface area contributed by atoms with Gasteiger partial charge in [0.25, 0.3) is 0 Å². The number of nitrogens with two attached hydrogens (primary N) is 1. The zero-order chi connectivity index (χ0) is 21.6. The summed E-state index contributed by atoms with van der Waals surface area (Å²) in [6, 6.07) is 17.8. The standard InChI is InChI=1S/C21H22N4O3S2/c1-28-19-4-2-3-17(13-19)15-25(18-5-7-20(8-6-18)30(22,26)27)21(29)24-14-16-9-11-23-12-10-16/h2-13H,14-15H2,1H3,(H,24,29)(H2,22,26,27). The van der Waals surface area contributed by atoms with Crippen LogP contribution in [0.4, 0.5) is 5.69 Å². The van der Waals surface area contributed by atoms with Crippen LogP contribution in [0.3, 0.4) is 0 Å². The lowest BCUT2D eigenvalue weighted by Gasteiger charge is -2.26. The normalized spacial score (nSPS) is 11.0. The third-order valence-corrected chi connectivity index (χ3v) is 5.68. The number of hydrogen-bond acceptors (Lipinski definition) is 5. The number of methoxy groups -OCH3 is 1. The van der Waals surface area contributed by atoms with Gasteiger partial charge in [-0.05, 0) is 71.9 Å². The fourth-order valence-electron chi connectivity index (χ4n) is 2.82. The van der Waals surface area contributed by atoms with Crippen LogP contribution in [0.2, 0.25) is 0 Å². The molecule has 2 aromatic carbocycles. The summed E-state index contributed by atoms with van der Waals surface area (Å²) in [6.45, 7) is 0.999. The van der Waals surface area contributed by atoms with Crippen molar-refractivity contribution in [2.24, 2.45) is 5.14 Å². The summed E-state index contributed by atoms with van der Waals surface area (Å²) in [4.78, 5) is 5.94. The zero-order valence-electron chi connectivity index (χ0n) is 16.4. The van der Waals surface area contributed by atoms with Gasteiger partial charge in [0, 0.05) is 24.6 Å². The van der Waals surface area contributed by atoms with Crippen LogP contribution in [-0.4, -0.2) is 25.6 Å². The van der Waals surface area contributed by atoms with Gasteiger partial charge in [0.15, 0.2) is 5.11 Å². The average molecular weight is 443 g/mol. The molecule has 0 saturated heterocycles. The predicted molar refractivity (Wildman–Crippen MR) is 121 cm³/mol. The number of ether oxygens (including phenoxy) is 1. The number of aromatic nitrogens is 1. The molecule has 0 radical (unpaired) electrons. The average Bonchev–Trinajstić information content (AvgIpc) is 2.76. The molecular weight excluding hydrogens is 420 g/mol. The van der Waals surface area contributed by atoms with Crippen LogP contribution in [0.5, 0.6) is 5.75 Å². The maximum atomic E-state index is 11.6. The summed E-state index contributed by atoms with van der Waals surface area (Å²) in [5, 5.41) is 8.96. The Morgan fingerprint density at radius 2 is 1.80 bits per heavy atom. The minimum Gasteiger partial charge on any atom is -0.497 e. The molecule has 0 atom stereocenters. The molecule has 0 saturated carbocycles. The number of thiocarbonyl (C=S) groups is 1. The van der Waals surface area contributed by atoms with Crippen molar-refractivity contribution >= 4 is 33.0 Å². The van der Waals surface area contributed by atoms with Gasteiger partial charge < -0.3 is 15.0 Å². The highest BCUT2D eigenvalue weighted by atomic mass is 32.2. The Balaban J connectivity index is 1.86. The zero-order valence-corrected chi connectivity index (χ0v) is 18.0. The number of sulfonamides is 1. The van der Waals surface area contributed by atoms with Crippen LogP contribution in [0.1, 0.15) is 11.1 Å². The molecule has 0 fully saturated rings. The molecule has 3 rings (SSSR count). The Kier molecular flexibility index (Phi) is 6.99. The van der Waals surface area contributed by atoms with E-state index in [-0.39, 0.29) is 4.90 Å². The molecule has 156 valence electrons. The van der Waals surface area contributed by atoms with E-state index in [0.29, 0.717) is 18.2 Å². The van der Waals surface area contributed by atoms with E-state index in [2.05, 4.69) is 10.3 Å². The molecule has 0 aliphatic rings. The van der Waals surface area contributed by atoms with Gasteiger partial charge in [-0.1, -0.05) is 12.1 Å². The first kappa shape index (κ1) is 21.7. The number of primary sulfonamides is 1. The lowest BCUT2D eigenvalue weighted by atomic mass is 10.2. The van der Waals surface area contributed by atoms with Gasteiger partial charge >= 0.3 is 0 Å². The molecule has 0 bridgehead atoms. The molecular formula is C21H22N4O3S2. The van der Waals surface area contributed by atoms with Gasteiger partial charge in [0.2, 0.25) is 10.0 Å². The van der Waals surface area contributed by atoms with E-state index in [4.69, 9.17) is 22.1 Å². The number of nitrogens with zero attached hydrogens (tertiary/aromatic N) is 2. The number of nitrogens with one attached hydrogen (secondary N) is 1. The summed E-state index contributed by atoms with van der Waals surface area (Å²) in [6.07, 6.45) is 3.44. The Hall–Kier alpha value is -3.01. The lowest BCUT2D eigenvalue weighted by Crippen LogP contribution is -2.39. The third kappa shape index (κ3) is 5.76. The van der Waals surface area contributed by atoms with Crippen LogP contribution in [0, 0.1) is 0 Å². The highest BCUT2D eigenvalue weighted by molar-refractivity contribution is 7.89. The summed E-state index contributed by atoms with van der Waals surface area (Å²) in [5.74, 6) is 0.743. The van der Waals surface area contributed by atoms with E-state index >= 15 is 0 Å². The quantitative estimate of drug-likeness (QED) is 0.543. The minimum absolute atomic E-state index is 0.0447. The van der Waals surface area contributed by atoms with Crippen molar-refractivity contribution in [1.29, 1.82) is 0 Å². The van der Waals surface area contributed by atoms with Gasteiger partial charge in [0.1, 0.15) is 5.75 Å². The van der Waals surface area contributed by atoms with E-state index in [1.165, 1.54) is 12.1 Å². The number of anilines is 1. The fraction of sp³-hybridized carbons (Fsp3) is 0.143. The second-order valence-electron chi connectivity index (χ2n) is 6.49. The topological polar surface area (TPSA) is 97.5 Å². The third-order valence-electron chi connectivity index (χ3n) is 4.39. The molecule has 30 heavy (non-hydrogen) atoms. The van der Waals surface area contributed by atoms with E-state index in [9.17, 15) is 8.42 Å². The van der Waals surface area contributed by atoms with Crippen molar-refractivity contribution < 1.29 is 13.2 Å². The second kappa shape index (κ2) is 9.66. The number of hydrogen-bond donors (Lipinski definition) is 2. The first-order chi connectivity index (χ1) is 14.4. The molecule has 0 amide bonds. The first-order valence-corrected chi connectivity index (χ1v) is 11.0. The molecule has 0 unspecified atom stereocenters. The van der Waals surface area contributed by atoms with Gasteiger partial charge in [-0.15, -0.1) is 0 Å². The van der Waals surface area contributed by atoms with Crippen molar-refractivity contribution in [2.75, 3.05) is 12.0 Å². The van der Waals surface area contributed by atoms with E-state index < -0.39 is 10.0 Å². The van der Waals surface area contributed by atoms with Crippen molar-refractivity contribution in [3.63, 3.8) is 0 Å². The molecule has 0 aliphatic heterocycles. The largest absolute Gasteiger partial charge is 0.497 e. The lowest BCUT2D eigenvalue weighted by molar-refractivity contribution is 0.414. The molecule has 1 aromatic heterocycles. The molecule has 1 heterocycles. The van der Waals surface area contributed by atoms with Gasteiger partial charge in [0.05, 0.1) is 18.6 Å². The van der Waals surface area contributed by atoms with Crippen molar-refractivity contribution in [2.45, 2.75) is 18.0 Å². The van der Waals surface area contributed by atoms with Crippen molar-refractivity contribution in [1.82, 2.24) is 10.3 Å². The van der Waals surface area contributed by atoms with Crippen LogP contribution in [0.15, 0.2) is 78.0 Å². The Morgan fingerprint density at radius 3 is 2.43 bits per heavy atom.